The van der Waals surface area contributed by atoms with Gasteiger partial charge < -0.3 is 20.1 Å². The highest BCUT2D eigenvalue weighted by Gasteiger charge is 2.10. The molecule has 2 N–H and O–H groups in total. The molecule has 0 saturated heterocycles. The van der Waals surface area contributed by atoms with Crippen LogP contribution in [0.2, 0.25) is 0 Å². The third-order valence-corrected chi connectivity index (χ3v) is 3.49. The molecule has 0 atom stereocenters. The number of carbonyl (C=O) groups is 1. The number of ether oxygens (including phenoxy) is 2. The van der Waals surface area contributed by atoms with Gasteiger partial charge in [0.05, 0.1) is 13.7 Å². The maximum absolute atomic E-state index is 11.5. The molecule has 0 unspecified atom stereocenters. The Morgan fingerprint density at radius 1 is 1.08 bits per heavy atom. The van der Waals surface area contributed by atoms with E-state index < -0.39 is 0 Å². The van der Waals surface area contributed by atoms with Crippen molar-refractivity contribution in [1.29, 1.82) is 0 Å². The first-order chi connectivity index (χ1) is 11.1. The summed E-state index contributed by atoms with van der Waals surface area (Å²) in [5, 5.41) is 0. The van der Waals surface area contributed by atoms with E-state index in [0.29, 0.717) is 24.7 Å². The molecule has 0 aliphatic rings. The van der Waals surface area contributed by atoms with Crippen molar-refractivity contribution in [3.8, 4) is 11.5 Å². The summed E-state index contributed by atoms with van der Waals surface area (Å²) in [6, 6.07) is 15.6. The van der Waals surface area contributed by atoms with E-state index in [1.165, 1.54) is 0 Å². The number of amides is 1. The highest BCUT2D eigenvalue weighted by atomic mass is 35.5. The fraction of sp³-hybridized carbons (Fsp3) is 0.278. The van der Waals surface area contributed by atoms with Gasteiger partial charge in [-0.1, -0.05) is 36.4 Å². The second-order valence-electron chi connectivity index (χ2n) is 5.21. The van der Waals surface area contributed by atoms with Crippen molar-refractivity contribution in [2.45, 2.75) is 13.2 Å². The molecule has 0 aliphatic heterocycles. The second kappa shape index (κ2) is 9.80. The van der Waals surface area contributed by atoms with Crippen molar-refractivity contribution < 1.29 is 14.3 Å². The molecule has 24 heavy (non-hydrogen) atoms. The van der Waals surface area contributed by atoms with Gasteiger partial charge in [0.1, 0.15) is 6.61 Å². The second-order valence-corrected chi connectivity index (χ2v) is 5.21. The lowest BCUT2D eigenvalue weighted by Gasteiger charge is -2.18. The molecule has 0 radical (unpaired) electrons. The first-order valence-corrected chi connectivity index (χ1v) is 7.41. The monoisotopic (exact) mass is 350 g/mol. The van der Waals surface area contributed by atoms with Crippen LogP contribution in [0.1, 0.15) is 11.1 Å². The molecule has 0 aromatic heterocycles. The van der Waals surface area contributed by atoms with Gasteiger partial charge in [-0.2, -0.15) is 0 Å². The summed E-state index contributed by atoms with van der Waals surface area (Å²) in [7, 11) is 3.32. The molecule has 2 aromatic rings. The largest absolute Gasteiger partial charge is 0.493 e. The molecule has 130 valence electrons. The van der Waals surface area contributed by atoms with E-state index in [-0.39, 0.29) is 24.9 Å². The zero-order valence-electron chi connectivity index (χ0n) is 13.9. The molecule has 6 heteroatoms. The Labute approximate surface area is 148 Å². The van der Waals surface area contributed by atoms with Gasteiger partial charge in [0.2, 0.25) is 5.91 Å². The van der Waals surface area contributed by atoms with Crippen LogP contribution in [0.5, 0.6) is 11.5 Å². The summed E-state index contributed by atoms with van der Waals surface area (Å²) in [5.41, 5.74) is 7.41. The van der Waals surface area contributed by atoms with Crippen molar-refractivity contribution in [3.05, 3.63) is 59.7 Å². The van der Waals surface area contributed by atoms with E-state index in [2.05, 4.69) is 0 Å². The molecule has 0 saturated carbocycles. The Kier molecular flexibility index (Phi) is 8.09. The number of hydrogen-bond acceptors (Lipinski definition) is 4. The number of carbonyl (C=O) groups excluding carboxylic acids is 1. The van der Waals surface area contributed by atoms with Gasteiger partial charge in [0.15, 0.2) is 11.5 Å². The topological polar surface area (TPSA) is 64.8 Å². The molecule has 5 nitrogen and oxygen atoms in total. The Morgan fingerprint density at radius 3 is 2.42 bits per heavy atom. The van der Waals surface area contributed by atoms with Crippen LogP contribution in [0, 0.1) is 0 Å². The van der Waals surface area contributed by atoms with E-state index in [9.17, 15) is 4.79 Å². The lowest BCUT2D eigenvalue weighted by atomic mass is 10.2. The van der Waals surface area contributed by atoms with Crippen LogP contribution < -0.4 is 15.2 Å². The lowest BCUT2D eigenvalue weighted by molar-refractivity contribution is -0.128. The maximum Gasteiger partial charge on any atom is 0.236 e. The molecule has 2 aromatic carbocycles. The predicted octanol–water partition coefficient (Wildman–Crippen LogP) is 2.61. The third kappa shape index (κ3) is 5.44. The van der Waals surface area contributed by atoms with Crippen LogP contribution in [0.25, 0.3) is 0 Å². The van der Waals surface area contributed by atoms with Gasteiger partial charge in [0.25, 0.3) is 0 Å². The number of halogens is 1. The summed E-state index contributed by atoms with van der Waals surface area (Å²) in [6.07, 6.45) is 0. The van der Waals surface area contributed by atoms with E-state index in [4.69, 9.17) is 15.2 Å². The van der Waals surface area contributed by atoms with Crippen LogP contribution in [0.4, 0.5) is 0 Å². The summed E-state index contributed by atoms with van der Waals surface area (Å²) in [6.45, 7) is 0.958. The standard InChI is InChI=1S/C18H22N2O3.ClH/c1-20(18(21)11-19)12-15-8-9-16(17(10-15)22-2)23-13-14-6-4-3-5-7-14;/h3-10H,11-13,19H2,1-2H3;1H. The first-order valence-electron chi connectivity index (χ1n) is 7.41. The van der Waals surface area contributed by atoms with Crippen molar-refractivity contribution in [2.24, 2.45) is 5.73 Å². The zero-order chi connectivity index (χ0) is 16.7. The van der Waals surface area contributed by atoms with Crippen LogP contribution in [-0.4, -0.2) is 31.5 Å². The zero-order valence-corrected chi connectivity index (χ0v) is 14.7. The Morgan fingerprint density at radius 2 is 1.79 bits per heavy atom. The number of methoxy groups -OCH3 is 1. The SMILES string of the molecule is COc1cc(CN(C)C(=O)CN)ccc1OCc1ccccc1.Cl. The minimum Gasteiger partial charge on any atom is -0.493 e. The average Bonchev–Trinajstić information content (AvgIpc) is 2.60. The maximum atomic E-state index is 11.5. The Bertz CT molecular complexity index is 650. The molecule has 0 bridgehead atoms. The number of benzene rings is 2. The Hall–Kier alpha value is -2.24. The molecule has 0 fully saturated rings. The Balaban J connectivity index is 0.00000288. The van der Waals surface area contributed by atoms with Gasteiger partial charge in [0, 0.05) is 13.6 Å². The number of likely N-dealkylation sites (N-methyl/N-ethyl adjacent to an activating group) is 1. The van der Waals surface area contributed by atoms with Gasteiger partial charge in [-0.15, -0.1) is 12.4 Å². The average molecular weight is 351 g/mol. The minimum absolute atomic E-state index is 0. The van der Waals surface area contributed by atoms with Crippen molar-refractivity contribution in [3.63, 3.8) is 0 Å². The van der Waals surface area contributed by atoms with Crippen LogP contribution in [0.3, 0.4) is 0 Å². The van der Waals surface area contributed by atoms with E-state index in [1.54, 1.807) is 19.1 Å². The van der Waals surface area contributed by atoms with Gasteiger partial charge >= 0.3 is 0 Å². The molecule has 0 aliphatic carbocycles. The van der Waals surface area contributed by atoms with Crippen LogP contribution in [-0.2, 0) is 17.9 Å². The molecule has 2 rings (SSSR count). The third-order valence-electron chi connectivity index (χ3n) is 3.49. The van der Waals surface area contributed by atoms with E-state index in [0.717, 1.165) is 11.1 Å². The van der Waals surface area contributed by atoms with Crippen molar-refractivity contribution in [1.82, 2.24) is 4.90 Å². The molecule has 0 spiro atoms. The lowest BCUT2D eigenvalue weighted by Crippen LogP contribution is -2.32. The van der Waals surface area contributed by atoms with Gasteiger partial charge in [-0.05, 0) is 23.3 Å². The molecular weight excluding hydrogens is 328 g/mol. The molecular formula is C18H23ClN2O3. The molecule has 1 amide bonds. The highest BCUT2D eigenvalue weighted by molar-refractivity contribution is 5.85. The smallest absolute Gasteiger partial charge is 0.236 e. The number of nitrogens with zero attached hydrogens (tertiary/aromatic N) is 1. The molecule has 0 heterocycles. The highest BCUT2D eigenvalue weighted by Crippen LogP contribution is 2.29. The van der Waals surface area contributed by atoms with Crippen molar-refractivity contribution >= 4 is 18.3 Å². The van der Waals surface area contributed by atoms with E-state index >= 15 is 0 Å². The predicted molar refractivity (Wildman–Crippen MR) is 96.5 cm³/mol. The fourth-order valence-electron chi connectivity index (χ4n) is 2.18. The summed E-state index contributed by atoms with van der Waals surface area (Å²) < 4.78 is 11.2. The number of hydrogen-bond donors (Lipinski definition) is 1. The summed E-state index contributed by atoms with van der Waals surface area (Å²) in [4.78, 5) is 13.1. The van der Waals surface area contributed by atoms with Crippen molar-refractivity contribution in [2.75, 3.05) is 20.7 Å². The quantitative estimate of drug-likeness (QED) is 0.833. The summed E-state index contributed by atoms with van der Waals surface area (Å²) >= 11 is 0. The number of nitrogens with two attached hydrogens (primary N) is 1. The number of rotatable bonds is 7. The van der Waals surface area contributed by atoms with Gasteiger partial charge in [-0.25, -0.2) is 0 Å². The first kappa shape index (κ1) is 19.8. The van der Waals surface area contributed by atoms with Crippen LogP contribution in [0.15, 0.2) is 48.5 Å². The normalized spacial score (nSPS) is 9.79. The van der Waals surface area contributed by atoms with E-state index in [1.807, 2.05) is 48.5 Å². The summed E-state index contributed by atoms with van der Waals surface area (Å²) in [5.74, 6) is 1.22. The van der Waals surface area contributed by atoms with Crippen LogP contribution >= 0.6 is 12.4 Å². The van der Waals surface area contributed by atoms with Gasteiger partial charge in [-0.3, -0.25) is 4.79 Å². The fourth-order valence-corrected chi connectivity index (χ4v) is 2.18. The minimum atomic E-state index is -0.103.